The monoisotopic (exact) mass is 314 g/mol. The van der Waals surface area contributed by atoms with Crippen LogP contribution in [0.4, 0.5) is 0 Å². The van der Waals surface area contributed by atoms with Crippen molar-refractivity contribution in [3.8, 4) is 0 Å². The number of hydrogen-bond donors (Lipinski definition) is 0. The van der Waals surface area contributed by atoms with Crippen LogP contribution in [-0.2, 0) is 22.0 Å². The molecule has 0 aliphatic rings. The number of benzene rings is 2. The predicted molar refractivity (Wildman–Crippen MR) is 92.4 cm³/mol. The molecule has 2 nitrogen and oxygen atoms in total. The van der Waals surface area contributed by atoms with Gasteiger partial charge in [-0.15, -0.1) is 6.58 Å². The predicted octanol–water partition coefficient (Wildman–Crippen LogP) is 4.18. The maximum Gasteiger partial charge on any atom is 0.163 e. The van der Waals surface area contributed by atoms with E-state index in [2.05, 4.69) is 6.58 Å². The Morgan fingerprint density at radius 2 is 1.45 bits per heavy atom. The third kappa shape index (κ3) is 3.86. The van der Waals surface area contributed by atoms with Crippen molar-refractivity contribution in [3.05, 3.63) is 84.4 Å². The van der Waals surface area contributed by atoms with Crippen LogP contribution in [0.1, 0.15) is 24.5 Å². The lowest BCUT2D eigenvalue weighted by Gasteiger charge is -2.26. The fourth-order valence-corrected chi connectivity index (χ4v) is 4.01. The lowest BCUT2D eigenvalue weighted by Crippen LogP contribution is -2.34. The summed E-state index contributed by atoms with van der Waals surface area (Å²) in [5, 5.41) is 0. The molecule has 2 aromatic carbocycles. The summed E-state index contributed by atoms with van der Waals surface area (Å²) in [5.74, 6) is 0.0468. The van der Waals surface area contributed by atoms with Gasteiger partial charge in [0.1, 0.15) is 0 Å². The Bertz CT molecular complexity index is 706. The minimum Gasteiger partial charge on any atom is -0.228 e. The number of aryl methyl sites for hydroxylation is 1. The van der Waals surface area contributed by atoms with Gasteiger partial charge < -0.3 is 0 Å². The van der Waals surface area contributed by atoms with E-state index in [1.165, 1.54) is 0 Å². The maximum atomic E-state index is 12.8. The van der Waals surface area contributed by atoms with E-state index >= 15 is 0 Å². The summed E-state index contributed by atoms with van der Waals surface area (Å²) >= 11 is 0. The lowest BCUT2D eigenvalue weighted by atomic mass is 10.0. The summed E-state index contributed by atoms with van der Waals surface area (Å²) in [6.45, 7) is 5.54. The molecule has 0 radical (unpaired) electrons. The molecule has 0 spiro atoms. The van der Waals surface area contributed by atoms with Crippen LogP contribution >= 0.6 is 0 Å². The van der Waals surface area contributed by atoms with Gasteiger partial charge in [-0.05, 0) is 30.9 Å². The van der Waals surface area contributed by atoms with Crippen molar-refractivity contribution < 1.29 is 8.42 Å². The highest BCUT2D eigenvalue weighted by atomic mass is 32.2. The van der Waals surface area contributed by atoms with Crippen LogP contribution in [0.3, 0.4) is 0 Å². The summed E-state index contributed by atoms with van der Waals surface area (Å²) in [7, 11) is -3.31. The van der Waals surface area contributed by atoms with Gasteiger partial charge in [-0.25, -0.2) is 8.42 Å². The molecule has 0 N–H and O–H groups in total. The second-order valence-electron chi connectivity index (χ2n) is 5.75. The summed E-state index contributed by atoms with van der Waals surface area (Å²) < 4.78 is 24.7. The molecule has 0 aliphatic heterocycles. The van der Waals surface area contributed by atoms with Gasteiger partial charge in [0.05, 0.1) is 10.5 Å². The van der Waals surface area contributed by atoms with Crippen molar-refractivity contribution in [2.75, 3.05) is 0 Å². The molecule has 0 saturated heterocycles. The second kappa shape index (κ2) is 6.93. The molecule has 0 aromatic heterocycles. The summed E-state index contributed by atoms with van der Waals surface area (Å²) in [4.78, 5) is 0. The first-order valence-corrected chi connectivity index (χ1v) is 9.06. The first-order valence-electron chi connectivity index (χ1n) is 7.41. The van der Waals surface area contributed by atoms with E-state index in [0.717, 1.165) is 17.5 Å². The summed E-state index contributed by atoms with van der Waals surface area (Å²) in [5.41, 5.74) is 1.96. The van der Waals surface area contributed by atoms with Crippen LogP contribution in [0.5, 0.6) is 0 Å². The fourth-order valence-electron chi connectivity index (χ4n) is 2.38. The molecule has 0 fully saturated rings. The average molecular weight is 314 g/mol. The van der Waals surface area contributed by atoms with Crippen molar-refractivity contribution >= 4 is 9.84 Å². The molecule has 0 saturated carbocycles. The highest BCUT2D eigenvalue weighted by Gasteiger charge is 2.35. The molecule has 116 valence electrons. The van der Waals surface area contributed by atoms with Crippen molar-refractivity contribution in [1.29, 1.82) is 0 Å². The molecule has 2 rings (SSSR count). The first-order chi connectivity index (χ1) is 10.5. The number of rotatable bonds is 7. The minimum absolute atomic E-state index is 0.0468. The molecule has 3 heteroatoms. The standard InChI is InChI=1S/C19H22O2S/c1-3-19(2,15-14-17-10-6-4-7-11-17)22(20,21)16-18-12-8-5-9-13-18/h3-13H,1,14-16H2,2H3/t19-/m0/s1. The van der Waals surface area contributed by atoms with Crippen molar-refractivity contribution in [3.63, 3.8) is 0 Å². The van der Waals surface area contributed by atoms with E-state index in [-0.39, 0.29) is 5.75 Å². The molecule has 0 unspecified atom stereocenters. The first kappa shape index (κ1) is 16.5. The zero-order chi connectivity index (χ0) is 16.1. The van der Waals surface area contributed by atoms with Gasteiger partial charge in [0.2, 0.25) is 0 Å². The molecule has 0 aliphatic carbocycles. The summed E-state index contributed by atoms with van der Waals surface area (Å²) in [6.07, 6.45) is 2.83. The highest BCUT2D eigenvalue weighted by molar-refractivity contribution is 7.92. The maximum absolute atomic E-state index is 12.8. The minimum atomic E-state index is -3.31. The van der Waals surface area contributed by atoms with Crippen molar-refractivity contribution in [2.45, 2.75) is 30.3 Å². The van der Waals surface area contributed by atoms with Crippen LogP contribution in [0.2, 0.25) is 0 Å². The van der Waals surface area contributed by atoms with E-state index in [1.807, 2.05) is 60.7 Å². The molecule has 1 atom stereocenters. The highest BCUT2D eigenvalue weighted by Crippen LogP contribution is 2.28. The lowest BCUT2D eigenvalue weighted by molar-refractivity contribution is 0.548. The van der Waals surface area contributed by atoms with Gasteiger partial charge in [0.15, 0.2) is 9.84 Å². The van der Waals surface area contributed by atoms with Gasteiger partial charge in [-0.3, -0.25) is 0 Å². The van der Waals surface area contributed by atoms with E-state index in [1.54, 1.807) is 13.0 Å². The van der Waals surface area contributed by atoms with Crippen molar-refractivity contribution in [1.82, 2.24) is 0 Å². The van der Waals surface area contributed by atoms with Gasteiger partial charge in [0.25, 0.3) is 0 Å². The Balaban J connectivity index is 2.15. The Kier molecular flexibility index (Phi) is 5.19. The van der Waals surface area contributed by atoms with E-state index in [0.29, 0.717) is 6.42 Å². The smallest absolute Gasteiger partial charge is 0.163 e. The largest absolute Gasteiger partial charge is 0.228 e. The Labute approximate surface area is 133 Å². The van der Waals surface area contributed by atoms with Gasteiger partial charge in [0, 0.05) is 0 Å². The zero-order valence-corrected chi connectivity index (χ0v) is 13.7. The van der Waals surface area contributed by atoms with Gasteiger partial charge in [-0.2, -0.15) is 0 Å². The molecule has 2 aromatic rings. The molecule has 0 bridgehead atoms. The SMILES string of the molecule is C=C[C@@](C)(CCc1ccccc1)S(=O)(=O)Cc1ccccc1. The van der Waals surface area contributed by atoms with E-state index in [9.17, 15) is 8.42 Å². The fraction of sp³-hybridized carbons (Fsp3) is 0.263. The molecular weight excluding hydrogens is 292 g/mol. The second-order valence-corrected chi connectivity index (χ2v) is 8.20. The van der Waals surface area contributed by atoms with Crippen LogP contribution in [0.25, 0.3) is 0 Å². The summed E-state index contributed by atoms with van der Waals surface area (Å²) in [6, 6.07) is 19.2. The Morgan fingerprint density at radius 3 is 1.95 bits per heavy atom. The van der Waals surface area contributed by atoms with Crippen LogP contribution in [-0.4, -0.2) is 13.2 Å². The molecule has 0 amide bonds. The van der Waals surface area contributed by atoms with Crippen LogP contribution < -0.4 is 0 Å². The molecule has 22 heavy (non-hydrogen) atoms. The zero-order valence-electron chi connectivity index (χ0n) is 12.9. The average Bonchev–Trinajstić information content (AvgIpc) is 2.54. The normalized spacial score (nSPS) is 14.2. The van der Waals surface area contributed by atoms with Crippen LogP contribution in [0.15, 0.2) is 73.3 Å². The van der Waals surface area contributed by atoms with Gasteiger partial charge in [-0.1, -0.05) is 66.7 Å². The topological polar surface area (TPSA) is 34.1 Å². The molecular formula is C19H22O2S. The van der Waals surface area contributed by atoms with E-state index in [4.69, 9.17) is 0 Å². The van der Waals surface area contributed by atoms with Gasteiger partial charge >= 0.3 is 0 Å². The third-order valence-corrected chi connectivity index (χ3v) is 6.60. The molecule has 0 heterocycles. The quantitative estimate of drug-likeness (QED) is 0.719. The van der Waals surface area contributed by atoms with E-state index < -0.39 is 14.6 Å². The van der Waals surface area contributed by atoms with Crippen molar-refractivity contribution in [2.24, 2.45) is 0 Å². The Morgan fingerprint density at radius 1 is 0.955 bits per heavy atom. The Hall–Kier alpha value is -1.87. The third-order valence-electron chi connectivity index (χ3n) is 4.09. The number of hydrogen-bond acceptors (Lipinski definition) is 2. The number of sulfone groups is 1. The van der Waals surface area contributed by atoms with Crippen LogP contribution in [0, 0.1) is 0 Å².